The smallest absolute Gasteiger partial charge is 0.257 e. The first kappa shape index (κ1) is 15.7. The summed E-state index contributed by atoms with van der Waals surface area (Å²) in [6, 6.07) is 3.65. The van der Waals surface area contributed by atoms with E-state index in [1.807, 2.05) is 0 Å². The summed E-state index contributed by atoms with van der Waals surface area (Å²) in [6.07, 6.45) is 6.60. The quantitative estimate of drug-likeness (QED) is 0.933. The third-order valence-electron chi connectivity index (χ3n) is 3.71. The molecule has 1 aromatic heterocycles. The van der Waals surface area contributed by atoms with Gasteiger partial charge in [-0.3, -0.25) is 4.79 Å². The molecule has 0 saturated carbocycles. The van der Waals surface area contributed by atoms with Crippen LogP contribution in [0.25, 0.3) is 0 Å². The van der Waals surface area contributed by atoms with Crippen LogP contribution in [0.4, 0.5) is 16.0 Å². The highest BCUT2D eigenvalue weighted by Gasteiger charge is 2.15. The number of anilines is 2. The van der Waals surface area contributed by atoms with Gasteiger partial charge >= 0.3 is 0 Å². The Morgan fingerprint density at radius 2 is 1.87 bits per heavy atom. The number of halogens is 2. The van der Waals surface area contributed by atoms with Crippen molar-refractivity contribution in [2.75, 3.05) is 23.3 Å². The highest BCUT2D eigenvalue weighted by atomic mass is 35.5. The number of rotatable bonds is 3. The summed E-state index contributed by atoms with van der Waals surface area (Å²) in [5.41, 5.74) is 0.517. The molecule has 0 spiro atoms. The van der Waals surface area contributed by atoms with Gasteiger partial charge in [-0.1, -0.05) is 11.6 Å². The lowest BCUT2D eigenvalue weighted by atomic mass is 10.1. The number of nitrogens with zero attached hydrogens (tertiary/aromatic N) is 3. The average molecular weight is 335 g/mol. The van der Waals surface area contributed by atoms with Crippen LogP contribution in [0.2, 0.25) is 5.02 Å². The lowest BCUT2D eigenvalue weighted by molar-refractivity contribution is 0.102. The summed E-state index contributed by atoms with van der Waals surface area (Å²) < 4.78 is 13.2. The van der Waals surface area contributed by atoms with Crippen LogP contribution < -0.4 is 10.2 Å². The van der Waals surface area contributed by atoms with Crippen molar-refractivity contribution in [2.24, 2.45) is 0 Å². The number of hydrogen-bond donors (Lipinski definition) is 1. The molecule has 1 aromatic carbocycles. The molecule has 1 N–H and O–H groups in total. The van der Waals surface area contributed by atoms with E-state index in [2.05, 4.69) is 20.2 Å². The van der Waals surface area contributed by atoms with Crippen LogP contribution in [0.1, 0.15) is 29.6 Å². The van der Waals surface area contributed by atoms with Gasteiger partial charge < -0.3 is 10.2 Å². The largest absolute Gasteiger partial charge is 0.341 e. The van der Waals surface area contributed by atoms with Crippen molar-refractivity contribution in [1.29, 1.82) is 0 Å². The molecule has 1 saturated heterocycles. The molecular weight excluding hydrogens is 319 g/mol. The Morgan fingerprint density at radius 3 is 2.57 bits per heavy atom. The van der Waals surface area contributed by atoms with Crippen LogP contribution in [0, 0.1) is 5.82 Å². The Kier molecular flexibility index (Phi) is 4.71. The van der Waals surface area contributed by atoms with E-state index in [-0.39, 0.29) is 10.6 Å². The van der Waals surface area contributed by atoms with E-state index in [4.69, 9.17) is 11.6 Å². The maximum Gasteiger partial charge on any atom is 0.257 e. The second-order valence-electron chi connectivity index (χ2n) is 5.40. The normalized spacial score (nSPS) is 14.6. The fourth-order valence-corrected chi connectivity index (χ4v) is 2.72. The van der Waals surface area contributed by atoms with E-state index in [0.29, 0.717) is 11.6 Å². The van der Waals surface area contributed by atoms with Crippen LogP contribution in [0.3, 0.4) is 0 Å². The Hall–Kier alpha value is -2.21. The summed E-state index contributed by atoms with van der Waals surface area (Å²) >= 11 is 5.92. The minimum atomic E-state index is -0.517. The van der Waals surface area contributed by atoms with Gasteiger partial charge in [0.1, 0.15) is 5.82 Å². The third kappa shape index (κ3) is 3.76. The molecule has 1 fully saturated rings. The van der Waals surface area contributed by atoms with Gasteiger partial charge in [0.05, 0.1) is 28.7 Å². The maximum atomic E-state index is 13.2. The van der Waals surface area contributed by atoms with Gasteiger partial charge in [-0.05, 0) is 37.5 Å². The van der Waals surface area contributed by atoms with E-state index < -0.39 is 11.7 Å². The van der Waals surface area contributed by atoms with Crippen LogP contribution in [0.5, 0.6) is 0 Å². The van der Waals surface area contributed by atoms with Gasteiger partial charge in [0.2, 0.25) is 5.95 Å². The summed E-state index contributed by atoms with van der Waals surface area (Å²) in [5.74, 6) is -0.355. The molecular formula is C16H16ClFN4O. The second-order valence-corrected chi connectivity index (χ2v) is 5.80. The van der Waals surface area contributed by atoms with Gasteiger partial charge in [-0.2, -0.15) is 0 Å². The number of aromatic nitrogens is 2. The lowest BCUT2D eigenvalue weighted by Crippen LogP contribution is -2.30. The predicted octanol–water partition coefficient (Wildman–Crippen LogP) is 3.51. The summed E-state index contributed by atoms with van der Waals surface area (Å²) in [5, 5.41) is 2.81. The maximum absolute atomic E-state index is 13.2. The molecule has 1 amide bonds. The van der Waals surface area contributed by atoms with Crippen molar-refractivity contribution in [3.63, 3.8) is 0 Å². The minimum absolute atomic E-state index is 0.0757. The lowest BCUT2D eigenvalue weighted by Gasteiger charge is -2.26. The van der Waals surface area contributed by atoms with Crippen LogP contribution in [0.15, 0.2) is 30.6 Å². The van der Waals surface area contributed by atoms with Crippen molar-refractivity contribution < 1.29 is 9.18 Å². The Morgan fingerprint density at radius 1 is 1.17 bits per heavy atom. The van der Waals surface area contributed by atoms with Gasteiger partial charge in [-0.25, -0.2) is 14.4 Å². The molecule has 2 aromatic rings. The standard InChI is InChI=1S/C16H16ClFN4O/c17-14-5-4-11(18)8-13(14)15(23)21-12-9-19-16(20-10-12)22-6-2-1-3-7-22/h4-5,8-10H,1-3,6-7H2,(H,21,23). The Balaban J connectivity index is 1.70. The molecule has 0 atom stereocenters. The number of amides is 1. The van der Waals surface area contributed by atoms with Gasteiger partial charge in [0, 0.05) is 13.1 Å². The first-order chi connectivity index (χ1) is 11.1. The Labute approximate surface area is 138 Å². The molecule has 1 aliphatic rings. The molecule has 1 aliphatic heterocycles. The molecule has 0 bridgehead atoms. The molecule has 3 rings (SSSR count). The zero-order chi connectivity index (χ0) is 16.2. The summed E-state index contributed by atoms with van der Waals surface area (Å²) in [7, 11) is 0. The van der Waals surface area contributed by atoms with Crippen molar-refractivity contribution >= 4 is 29.1 Å². The zero-order valence-corrected chi connectivity index (χ0v) is 13.2. The van der Waals surface area contributed by atoms with E-state index in [9.17, 15) is 9.18 Å². The first-order valence-corrected chi connectivity index (χ1v) is 7.85. The van der Waals surface area contributed by atoms with Crippen molar-refractivity contribution in [3.8, 4) is 0 Å². The molecule has 120 valence electrons. The molecule has 0 aliphatic carbocycles. The second kappa shape index (κ2) is 6.91. The summed E-state index contributed by atoms with van der Waals surface area (Å²) in [6.45, 7) is 1.90. The first-order valence-electron chi connectivity index (χ1n) is 7.47. The molecule has 2 heterocycles. The molecule has 7 heteroatoms. The number of hydrogen-bond acceptors (Lipinski definition) is 4. The summed E-state index contributed by atoms with van der Waals surface area (Å²) in [4.78, 5) is 22.8. The minimum Gasteiger partial charge on any atom is -0.341 e. The van der Waals surface area contributed by atoms with Crippen molar-refractivity contribution in [2.45, 2.75) is 19.3 Å². The molecule has 5 nitrogen and oxygen atoms in total. The number of nitrogens with one attached hydrogen (secondary N) is 1. The highest BCUT2D eigenvalue weighted by Crippen LogP contribution is 2.20. The predicted molar refractivity (Wildman–Crippen MR) is 87.5 cm³/mol. The third-order valence-corrected chi connectivity index (χ3v) is 4.04. The van der Waals surface area contributed by atoms with E-state index in [0.717, 1.165) is 32.0 Å². The van der Waals surface area contributed by atoms with Crippen LogP contribution >= 0.6 is 11.6 Å². The average Bonchev–Trinajstić information content (AvgIpc) is 2.58. The SMILES string of the molecule is O=C(Nc1cnc(N2CCCCC2)nc1)c1cc(F)ccc1Cl. The zero-order valence-electron chi connectivity index (χ0n) is 12.4. The van der Waals surface area contributed by atoms with Gasteiger partial charge in [0.25, 0.3) is 5.91 Å². The topological polar surface area (TPSA) is 58.1 Å². The van der Waals surface area contributed by atoms with Crippen LogP contribution in [-0.2, 0) is 0 Å². The highest BCUT2D eigenvalue weighted by molar-refractivity contribution is 6.34. The fourth-order valence-electron chi connectivity index (χ4n) is 2.51. The van der Waals surface area contributed by atoms with E-state index >= 15 is 0 Å². The Bertz CT molecular complexity index is 702. The van der Waals surface area contributed by atoms with Crippen LogP contribution in [-0.4, -0.2) is 29.0 Å². The number of piperidine rings is 1. The van der Waals surface area contributed by atoms with E-state index in [1.54, 1.807) is 12.4 Å². The number of carbonyl (C=O) groups is 1. The monoisotopic (exact) mass is 334 g/mol. The molecule has 0 unspecified atom stereocenters. The molecule has 0 radical (unpaired) electrons. The fraction of sp³-hybridized carbons (Fsp3) is 0.312. The van der Waals surface area contributed by atoms with Gasteiger partial charge in [-0.15, -0.1) is 0 Å². The van der Waals surface area contributed by atoms with Gasteiger partial charge in [0.15, 0.2) is 0 Å². The molecule has 23 heavy (non-hydrogen) atoms. The van der Waals surface area contributed by atoms with Crippen molar-refractivity contribution in [3.05, 3.63) is 47.0 Å². The van der Waals surface area contributed by atoms with E-state index in [1.165, 1.54) is 18.6 Å². The van der Waals surface area contributed by atoms with Crippen molar-refractivity contribution in [1.82, 2.24) is 9.97 Å². The number of benzene rings is 1. The number of carbonyl (C=O) groups excluding carboxylic acids is 1.